The molecule has 4 aromatic rings. The number of aromatic nitrogens is 4. The fourth-order valence-corrected chi connectivity index (χ4v) is 3.94. The lowest BCUT2D eigenvalue weighted by atomic mass is 10.0. The van der Waals surface area contributed by atoms with Crippen LogP contribution in [0.4, 0.5) is 0 Å². The zero-order chi connectivity index (χ0) is 21.9. The summed E-state index contributed by atoms with van der Waals surface area (Å²) in [5.74, 6) is 0.0877. The average molecular weight is 425 g/mol. The Balaban J connectivity index is 1.39. The summed E-state index contributed by atoms with van der Waals surface area (Å²) in [6, 6.07) is 17.5. The van der Waals surface area contributed by atoms with Crippen molar-refractivity contribution in [3.05, 3.63) is 78.8 Å². The largest absolute Gasteiger partial charge is 0.336 e. The van der Waals surface area contributed by atoms with E-state index < -0.39 is 0 Å². The van der Waals surface area contributed by atoms with Crippen LogP contribution in [0.15, 0.2) is 73.2 Å². The van der Waals surface area contributed by atoms with E-state index in [9.17, 15) is 4.79 Å². The van der Waals surface area contributed by atoms with Crippen molar-refractivity contribution in [3.8, 4) is 33.8 Å². The highest BCUT2D eigenvalue weighted by Crippen LogP contribution is 2.31. The number of hydrogen-bond donors (Lipinski definition) is 1. The molecule has 1 saturated heterocycles. The lowest BCUT2D eigenvalue weighted by Gasteiger charge is -2.32. The van der Waals surface area contributed by atoms with E-state index in [1.807, 2.05) is 65.7 Å². The molecule has 4 heterocycles. The lowest BCUT2D eigenvalue weighted by Crippen LogP contribution is -2.47. The number of piperazine rings is 1. The molecule has 7 heteroatoms. The third-order valence-corrected chi connectivity index (χ3v) is 5.84. The quantitative estimate of drug-likeness (QED) is 0.542. The monoisotopic (exact) mass is 424 g/mol. The van der Waals surface area contributed by atoms with Crippen molar-refractivity contribution >= 4 is 5.91 Å². The van der Waals surface area contributed by atoms with Gasteiger partial charge in [-0.3, -0.25) is 19.9 Å². The summed E-state index contributed by atoms with van der Waals surface area (Å²) in [6.07, 6.45) is 5.43. The number of pyridine rings is 2. The standard InChI is InChI=1S/C25H24N6O/c1-30-12-14-31(15-13-30)25(32)19-7-5-18(6-8-19)23-16-20(9-11-27-23)21-17-28-29-24(21)22-4-2-3-10-26-22/h2-11,16-17H,12-15H2,1H3,(H,28,29). The van der Waals surface area contributed by atoms with Gasteiger partial charge >= 0.3 is 0 Å². The Bertz CT molecular complexity index is 1210. The molecule has 0 atom stereocenters. The molecule has 3 aromatic heterocycles. The molecule has 1 N–H and O–H groups in total. The summed E-state index contributed by atoms with van der Waals surface area (Å²) < 4.78 is 0. The molecule has 160 valence electrons. The maximum Gasteiger partial charge on any atom is 0.253 e. The summed E-state index contributed by atoms with van der Waals surface area (Å²) in [5.41, 5.74) is 6.10. The first-order valence-corrected chi connectivity index (χ1v) is 10.7. The van der Waals surface area contributed by atoms with E-state index in [4.69, 9.17) is 0 Å². The van der Waals surface area contributed by atoms with Gasteiger partial charge in [-0.1, -0.05) is 18.2 Å². The van der Waals surface area contributed by atoms with Crippen LogP contribution in [0.5, 0.6) is 0 Å². The van der Waals surface area contributed by atoms with Gasteiger partial charge in [0.25, 0.3) is 5.91 Å². The van der Waals surface area contributed by atoms with Gasteiger partial charge in [0.15, 0.2) is 0 Å². The van der Waals surface area contributed by atoms with Crippen molar-refractivity contribution in [2.45, 2.75) is 0 Å². The van der Waals surface area contributed by atoms with Crippen LogP contribution < -0.4 is 0 Å². The van der Waals surface area contributed by atoms with Gasteiger partial charge in [-0.05, 0) is 49.0 Å². The van der Waals surface area contributed by atoms with Crippen LogP contribution >= 0.6 is 0 Å². The van der Waals surface area contributed by atoms with Crippen molar-refractivity contribution in [2.75, 3.05) is 33.2 Å². The number of amides is 1. The molecule has 7 nitrogen and oxygen atoms in total. The Morgan fingerprint density at radius 3 is 2.41 bits per heavy atom. The van der Waals surface area contributed by atoms with Gasteiger partial charge < -0.3 is 9.80 Å². The predicted octanol–water partition coefficient (Wildman–Crippen LogP) is 3.59. The van der Waals surface area contributed by atoms with Crippen molar-refractivity contribution in [3.63, 3.8) is 0 Å². The summed E-state index contributed by atoms with van der Waals surface area (Å²) in [4.78, 5) is 25.9. The normalized spacial score (nSPS) is 14.5. The van der Waals surface area contributed by atoms with Gasteiger partial charge in [0, 0.05) is 61.5 Å². The minimum absolute atomic E-state index is 0.0877. The molecular weight excluding hydrogens is 400 g/mol. The number of nitrogens with zero attached hydrogens (tertiary/aromatic N) is 5. The van der Waals surface area contributed by atoms with E-state index in [-0.39, 0.29) is 5.91 Å². The van der Waals surface area contributed by atoms with Crippen LogP contribution in [0.2, 0.25) is 0 Å². The van der Waals surface area contributed by atoms with E-state index >= 15 is 0 Å². The summed E-state index contributed by atoms with van der Waals surface area (Å²) >= 11 is 0. The fourth-order valence-electron chi connectivity index (χ4n) is 3.94. The second-order valence-corrected chi connectivity index (χ2v) is 7.97. The molecule has 5 rings (SSSR count). The van der Waals surface area contributed by atoms with Crippen LogP contribution in [0, 0.1) is 0 Å². The molecule has 1 fully saturated rings. The maximum atomic E-state index is 12.8. The maximum absolute atomic E-state index is 12.8. The van der Waals surface area contributed by atoms with Gasteiger partial charge in [0.05, 0.1) is 11.4 Å². The zero-order valence-electron chi connectivity index (χ0n) is 17.9. The molecule has 1 aromatic carbocycles. The first-order chi connectivity index (χ1) is 15.7. The third-order valence-electron chi connectivity index (χ3n) is 5.84. The van der Waals surface area contributed by atoms with Gasteiger partial charge in [0.1, 0.15) is 5.69 Å². The molecular formula is C25H24N6O. The number of H-pyrrole nitrogens is 1. The van der Waals surface area contributed by atoms with Crippen LogP contribution in [0.1, 0.15) is 10.4 Å². The van der Waals surface area contributed by atoms with E-state index in [1.165, 1.54) is 0 Å². The minimum atomic E-state index is 0.0877. The second kappa shape index (κ2) is 8.72. The smallest absolute Gasteiger partial charge is 0.253 e. The third kappa shape index (κ3) is 4.02. The number of nitrogens with one attached hydrogen (secondary N) is 1. The average Bonchev–Trinajstić information content (AvgIpc) is 3.35. The lowest BCUT2D eigenvalue weighted by molar-refractivity contribution is 0.0664. The molecule has 0 unspecified atom stereocenters. The number of hydrogen-bond acceptors (Lipinski definition) is 5. The number of rotatable bonds is 4. The Labute approximate surface area is 186 Å². The highest BCUT2D eigenvalue weighted by molar-refractivity contribution is 5.94. The highest BCUT2D eigenvalue weighted by atomic mass is 16.2. The molecule has 0 radical (unpaired) electrons. The number of carbonyl (C=O) groups is 1. The van der Waals surface area contributed by atoms with Gasteiger partial charge in [-0.15, -0.1) is 0 Å². The summed E-state index contributed by atoms with van der Waals surface area (Å²) in [5, 5.41) is 7.35. The molecule has 0 bridgehead atoms. The van der Waals surface area contributed by atoms with E-state index in [0.717, 1.165) is 60.0 Å². The molecule has 32 heavy (non-hydrogen) atoms. The Morgan fingerprint density at radius 2 is 1.66 bits per heavy atom. The number of benzene rings is 1. The summed E-state index contributed by atoms with van der Waals surface area (Å²) in [7, 11) is 2.08. The van der Waals surface area contributed by atoms with Crippen LogP contribution in [0.25, 0.3) is 33.8 Å². The second-order valence-electron chi connectivity index (χ2n) is 7.97. The molecule has 1 aliphatic heterocycles. The van der Waals surface area contributed by atoms with Crippen molar-refractivity contribution in [2.24, 2.45) is 0 Å². The fraction of sp³-hybridized carbons (Fsp3) is 0.200. The Morgan fingerprint density at radius 1 is 0.875 bits per heavy atom. The van der Waals surface area contributed by atoms with Gasteiger partial charge in [-0.25, -0.2) is 0 Å². The van der Waals surface area contributed by atoms with E-state index in [1.54, 1.807) is 12.4 Å². The van der Waals surface area contributed by atoms with Crippen molar-refractivity contribution in [1.29, 1.82) is 0 Å². The molecule has 0 aliphatic carbocycles. The predicted molar refractivity (Wildman–Crippen MR) is 124 cm³/mol. The highest BCUT2D eigenvalue weighted by Gasteiger charge is 2.20. The topological polar surface area (TPSA) is 78.0 Å². The number of likely N-dealkylation sites (N-methyl/N-ethyl adjacent to an activating group) is 1. The minimum Gasteiger partial charge on any atom is -0.336 e. The van der Waals surface area contributed by atoms with Gasteiger partial charge in [0.2, 0.25) is 0 Å². The molecule has 1 amide bonds. The summed E-state index contributed by atoms with van der Waals surface area (Å²) in [6.45, 7) is 3.36. The Hall–Kier alpha value is -3.84. The zero-order valence-corrected chi connectivity index (χ0v) is 17.9. The molecule has 0 spiro atoms. The van der Waals surface area contributed by atoms with Crippen LogP contribution in [-0.4, -0.2) is 69.1 Å². The van der Waals surface area contributed by atoms with Crippen molar-refractivity contribution in [1.82, 2.24) is 30.0 Å². The number of carbonyl (C=O) groups excluding carboxylic acids is 1. The van der Waals surface area contributed by atoms with E-state index in [2.05, 4.69) is 32.1 Å². The van der Waals surface area contributed by atoms with Crippen LogP contribution in [-0.2, 0) is 0 Å². The molecule has 0 saturated carbocycles. The van der Waals surface area contributed by atoms with Crippen molar-refractivity contribution < 1.29 is 4.79 Å². The first-order valence-electron chi connectivity index (χ1n) is 10.7. The molecule has 1 aliphatic rings. The SMILES string of the molecule is CN1CCN(C(=O)c2ccc(-c3cc(-c4c[nH]nc4-c4ccccn4)ccn3)cc2)CC1. The Kier molecular flexibility index (Phi) is 5.47. The van der Waals surface area contributed by atoms with Gasteiger partial charge in [-0.2, -0.15) is 5.10 Å². The van der Waals surface area contributed by atoms with Crippen LogP contribution in [0.3, 0.4) is 0 Å². The number of aromatic amines is 1. The van der Waals surface area contributed by atoms with E-state index in [0.29, 0.717) is 5.56 Å². The first kappa shape index (κ1) is 20.1.